The molecule has 2 aromatic rings. The average Bonchev–Trinajstić information content (AvgIpc) is 2.80. The molecule has 0 aromatic heterocycles. The van der Waals surface area contributed by atoms with Crippen molar-refractivity contribution in [3.05, 3.63) is 65.2 Å². The van der Waals surface area contributed by atoms with Gasteiger partial charge in [0.05, 0.1) is 11.9 Å². The number of nitrogens with one attached hydrogen (secondary N) is 1. The number of carbonyl (C=O) groups excluding carboxylic acids is 2. The molecule has 1 N–H and O–H groups in total. The Hall–Kier alpha value is -2.87. The summed E-state index contributed by atoms with van der Waals surface area (Å²) in [5.74, 6) is -0.379. The molecule has 2 amide bonds. The molecule has 34 heavy (non-hydrogen) atoms. The van der Waals surface area contributed by atoms with Crippen LogP contribution in [-0.2, 0) is 26.2 Å². The number of hydrogen-bond donors (Lipinski definition) is 1. The first kappa shape index (κ1) is 27.4. The van der Waals surface area contributed by atoms with Crippen LogP contribution in [0.2, 0.25) is 0 Å². The van der Waals surface area contributed by atoms with Gasteiger partial charge in [0, 0.05) is 26.1 Å². The summed E-state index contributed by atoms with van der Waals surface area (Å²) in [6.45, 7) is 8.66. The third kappa shape index (κ3) is 7.87. The molecule has 0 saturated heterocycles. The van der Waals surface area contributed by atoms with Crippen LogP contribution in [0.1, 0.15) is 49.8 Å². The van der Waals surface area contributed by atoms with Crippen molar-refractivity contribution in [2.75, 3.05) is 23.7 Å². The van der Waals surface area contributed by atoms with E-state index >= 15 is 0 Å². The molecule has 1 unspecified atom stereocenters. The minimum absolute atomic E-state index is 0.134. The van der Waals surface area contributed by atoms with Gasteiger partial charge in [0.1, 0.15) is 6.04 Å². The van der Waals surface area contributed by atoms with E-state index in [9.17, 15) is 18.0 Å². The molecule has 0 fully saturated rings. The first-order valence-corrected chi connectivity index (χ1v) is 13.6. The maximum Gasteiger partial charge on any atom is 0.242 e. The highest BCUT2D eigenvalue weighted by Gasteiger charge is 2.26. The van der Waals surface area contributed by atoms with Crippen molar-refractivity contribution in [1.82, 2.24) is 10.2 Å². The number of carbonyl (C=O) groups is 2. The van der Waals surface area contributed by atoms with E-state index in [4.69, 9.17) is 0 Å². The first-order chi connectivity index (χ1) is 16.0. The predicted molar refractivity (Wildman–Crippen MR) is 137 cm³/mol. The first-order valence-electron chi connectivity index (χ1n) is 11.7. The van der Waals surface area contributed by atoms with Crippen LogP contribution < -0.4 is 9.62 Å². The molecular formula is C26H37N3O4S. The van der Waals surface area contributed by atoms with Gasteiger partial charge in [-0.2, -0.15) is 0 Å². The Morgan fingerprint density at radius 2 is 1.71 bits per heavy atom. The third-order valence-corrected chi connectivity index (χ3v) is 7.04. The van der Waals surface area contributed by atoms with Gasteiger partial charge in [0.25, 0.3) is 0 Å². The van der Waals surface area contributed by atoms with Crippen LogP contribution in [0, 0.1) is 13.8 Å². The van der Waals surface area contributed by atoms with Crippen LogP contribution in [0.4, 0.5) is 5.69 Å². The molecule has 0 radical (unpaired) electrons. The Kier molecular flexibility index (Phi) is 10.1. The molecule has 2 rings (SSSR count). The maximum absolute atomic E-state index is 13.2. The fourth-order valence-electron chi connectivity index (χ4n) is 3.64. The van der Waals surface area contributed by atoms with Gasteiger partial charge in [-0.05, 0) is 62.4 Å². The number of amides is 2. The van der Waals surface area contributed by atoms with Gasteiger partial charge in [0.2, 0.25) is 21.8 Å². The summed E-state index contributed by atoms with van der Waals surface area (Å²) < 4.78 is 26.2. The summed E-state index contributed by atoms with van der Waals surface area (Å²) in [7, 11) is -3.51. The molecule has 1 atom stereocenters. The fourth-order valence-corrected chi connectivity index (χ4v) is 4.60. The Balaban J connectivity index is 2.14. The van der Waals surface area contributed by atoms with Crippen LogP contribution >= 0.6 is 0 Å². The van der Waals surface area contributed by atoms with Crippen molar-refractivity contribution in [2.45, 2.75) is 59.5 Å². The lowest BCUT2D eigenvalue weighted by Gasteiger charge is -2.29. The van der Waals surface area contributed by atoms with Gasteiger partial charge in [-0.1, -0.05) is 43.3 Å². The van der Waals surface area contributed by atoms with Gasteiger partial charge >= 0.3 is 0 Å². The molecule has 0 saturated carbocycles. The number of nitrogens with zero attached hydrogens (tertiary/aromatic N) is 2. The molecule has 0 aliphatic heterocycles. The zero-order valence-electron chi connectivity index (χ0n) is 20.9. The maximum atomic E-state index is 13.2. The predicted octanol–water partition coefficient (Wildman–Crippen LogP) is 3.79. The average molecular weight is 488 g/mol. The normalized spacial score (nSPS) is 12.1. The lowest BCUT2D eigenvalue weighted by molar-refractivity contribution is -0.140. The molecule has 0 aliphatic rings. The Bertz CT molecular complexity index is 1070. The molecule has 0 heterocycles. The standard InChI is InChI=1S/C26H37N3O4S/c1-6-16-27-26(31)22(4)28(19-23-11-8-7-9-12-23)25(30)13-10-17-29(34(5,32)33)24-15-14-20(2)21(3)18-24/h7-9,11-12,14-15,18,22H,6,10,13,16-17,19H2,1-5H3,(H,27,31). The van der Waals surface area contributed by atoms with E-state index in [1.165, 1.54) is 10.6 Å². The quantitative estimate of drug-likeness (QED) is 0.493. The van der Waals surface area contributed by atoms with E-state index in [0.29, 0.717) is 25.2 Å². The van der Waals surface area contributed by atoms with Crippen LogP contribution in [0.3, 0.4) is 0 Å². The number of hydrogen-bond acceptors (Lipinski definition) is 4. The number of sulfonamides is 1. The summed E-state index contributed by atoms with van der Waals surface area (Å²) in [5, 5.41) is 2.86. The SMILES string of the molecule is CCCNC(=O)C(C)N(Cc1ccccc1)C(=O)CCCN(c1ccc(C)c(C)c1)S(C)(=O)=O. The van der Waals surface area contributed by atoms with E-state index < -0.39 is 16.1 Å². The molecule has 0 spiro atoms. The minimum Gasteiger partial charge on any atom is -0.354 e. The molecule has 186 valence electrons. The van der Waals surface area contributed by atoms with E-state index in [-0.39, 0.29) is 24.8 Å². The number of benzene rings is 2. The monoisotopic (exact) mass is 487 g/mol. The van der Waals surface area contributed by atoms with Crippen molar-refractivity contribution < 1.29 is 18.0 Å². The molecule has 2 aromatic carbocycles. The molecular weight excluding hydrogens is 450 g/mol. The van der Waals surface area contributed by atoms with Crippen molar-refractivity contribution in [1.29, 1.82) is 0 Å². The highest BCUT2D eigenvalue weighted by atomic mass is 32.2. The highest BCUT2D eigenvalue weighted by molar-refractivity contribution is 7.92. The zero-order valence-corrected chi connectivity index (χ0v) is 21.7. The van der Waals surface area contributed by atoms with Gasteiger partial charge in [-0.15, -0.1) is 0 Å². The summed E-state index contributed by atoms with van der Waals surface area (Å²) in [6, 6.07) is 14.4. The number of rotatable bonds is 12. The van der Waals surface area contributed by atoms with Crippen molar-refractivity contribution in [3.63, 3.8) is 0 Å². The highest BCUT2D eigenvalue weighted by Crippen LogP contribution is 2.22. The lowest BCUT2D eigenvalue weighted by atomic mass is 10.1. The topological polar surface area (TPSA) is 86.8 Å². The molecule has 0 aliphatic carbocycles. The van der Waals surface area contributed by atoms with Crippen LogP contribution in [-0.4, -0.2) is 50.5 Å². The number of aryl methyl sites for hydroxylation is 2. The van der Waals surface area contributed by atoms with E-state index in [1.807, 2.05) is 63.2 Å². The molecule has 7 nitrogen and oxygen atoms in total. The summed E-state index contributed by atoms with van der Waals surface area (Å²) in [5.41, 5.74) is 3.60. The fraction of sp³-hybridized carbons (Fsp3) is 0.462. The van der Waals surface area contributed by atoms with Gasteiger partial charge in [-0.3, -0.25) is 13.9 Å². The van der Waals surface area contributed by atoms with E-state index in [1.54, 1.807) is 17.9 Å². The Morgan fingerprint density at radius 3 is 2.29 bits per heavy atom. The second-order valence-electron chi connectivity index (χ2n) is 8.68. The number of anilines is 1. The summed E-state index contributed by atoms with van der Waals surface area (Å²) in [4.78, 5) is 27.4. The summed E-state index contributed by atoms with van der Waals surface area (Å²) in [6.07, 6.45) is 2.46. The van der Waals surface area contributed by atoms with Crippen LogP contribution in [0.15, 0.2) is 48.5 Å². The van der Waals surface area contributed by atoms with Crippen molar-refractivity contribution in [3.8, 4) is 0 Å². The second-order valence-corrected chi connectivity index (χ2v) is 10.6. The molecule has 8 heteroatoms. The Labute approximate surface area is 204 Å². The molecule has 0 bridgehead atoms. The second kappa shape index (κ2) is 12.6. The van der Waals surface area contributed by atoms with Gasteiger partial charge < -0.3 is 10.2 Å². The smallest absolute Gasteiger partial charge is 0.242 e. The summed E-state index contributed by atoms with van der Waals surface area (Å²) >= 11 is 0. The van der Waals surface area contributed by atoms with E-state index in [0.717, 1.165) is 23.1 Å². The lowest BCUT2D eigenvalue weighted by Crippen LogP contribution is -2.47. The van der Waals surface area contributed by atoms with Gasteiger partial charge in [-0.25, -0.2) is 8.42 Å². The zero-order chi connectivity index (χ0) is 25.3. The van der Waals surface area contributed by atoms with Crippen LogP contribution in [0.5, 0.6) is 0 Å². The van der Waals surface area contributed by atoms with Crippen LogP contribution in [0.25, 0.3) is 0 Å². The largest absolute Gasteiger partial charge is 0.354 e. The van der Waals surface area contributed by atoms with Crippen molar-refractivity contribution in [2.24, 2.45) is 0 Å². The Morgan fingerprint density at radius 1 is 1.03 bits per heavy atom. The minimum atomic E-state index is -3.51. The van der Waals surface area contributed by atoms with Crippen molar-refractivity contribution >= 4 is 27.5 Å². The third-order valence-electron chi connectivity index (χ3n) is 5.84. The van der Waals surface area contributed by atoms with E-state index in [2.05, 4.69) is 5.32 Å². The van der Waals surface area contributed by atoms with Gasteiger partial charge in [0.15, 0.2) is 0 Å².